The Labute approximate surface area is 91.4 Å². The van der Waals surface area contributed by atoms with Gasteiger partial charge < -0.3 is 5.32 Å². The highest BCUT2D eigenvalue weighted by molar-refractivity contribution is 9.11. The lowest BCUT2D eigenvalue weighted by molar-refractivity contribution is -0.120. The van der Waals surface area contributed by atoms with Crippen molar-refractivity contribution in [1.82, 2.24) is 10.3 Å². The molecule has 1 heterocycles. The van der Waals surface area contributed by atoms with Crippen LogP contribution in [0.5, 0.6) is 0 Å². The second kappa shape index (κ2) is 5.54. The molecular formula is C10H11BrN2O. The van der Waals surface area contributed by atoms with Gasteiger partial charge in [0.05, 0.1) is 6.42 Å². The fraction of sp³-hybridized carbons (Fsp3) is 0.200. The highest BCUT2D eigenvalue weighted by Gasteiger charge is 2.02. The molecule has 1 rings (SSSR count). The number of rotatable bonds is 4. The van der Waals surface area contributed by atoms with Crippen molar-refractivity contribution < 1.29 is 4.79 Å². The minimum absolute atomic E-state index is 0.0291. The van der Waals surface area contributed by atoms with Gasteiger partial charge in [0.2, 0.25) is 5.91 Å². The molecule has 1 aromatic rings. The molecule has 0 aliphatic carbocycles. The monoisotopic (exact) mass is 254 g/mol. The van der Waals surface area contributed by atoms with Crippen molar-refractivity contribution in [3.8, 4) is 0 Å². The summed E-state index contributed by atoms with van der Waals surface area (Å²) in [6, 6.07) is 3.68. The Morgan fingerprint density at radius 3 is 3.00 bits per heavy atom. The van der Waals surface area contributed by atoms with Gasteiger partial charge in [-0.05, 0) is 11.6 Å². The first-order chi connectivity index (χ1) is 6.68. The molecule has 0 aliphatic heterocycles. The largest absolute Gasteiger partial charge is 0.351 e. The zero-order valence-corrected chi connectivity index (χ0v) is 9.25. The second-order valence-corrected chi connectivity index (χ2v) is 3.95. The maximum absolute atomic E-state index is 11.3. The number of nitrogens with zero attached hydrogens (tertiary/aromatic N) is 1. The summed E-state index contributed by atoms with van der Waals surface area (Å²) in [4.78, 5) is 15.2. The van der Waals surface area contributed by atoms with Crippen molar-refractivity contribution in [1.29, 1.82) is 0 Å². The van der Waals surface area contributed by atoms with Crippen LogP contribution in [0.25, 0.3) is 0 Å². The highest BCUT2D eigenvalue weighted by Crippen LogP contribution is 1.99. The Balaban J connectivity index is 2.38. The minimum Gasteiger partial charge on any atom is -0.351 e. The van der Waals surface area contributed by atoms with Crippen LogP contribution in [-0.2, 0) is 11.2 Å². The molecule has 0 saturated heterocycles. The summed E-state index contributed by atoms with van der Waals surface area (Å²) < 4.78 is 0.761. The summed E-state index contributed by atoms with van der Waals surface area (Å²) in [5, 5.41) is 2.72. The molecule has 1 amide bonds. The lowest BCUT2D eigenvalue weighted by Crippen LogP contribution is -2.26. The second-order valence-electron chi connectivity index (χ2n) is 2.83. The van der Waals surface area contributed by atoms with Gasteiger partial charge in [-0.15, -0.1) is 0 Å². The fourth-order valence-corrected chi connectivity index (χ4v) is 1.09. The van der Waals surface area contributed by atoms with Crippen molar-refractivity contribution in [3.05, 3.63) is 41.2 Å². The molecule has 0 aliphatic rings. The quantitative estimate of drug-likeness (QED) is 0.888. The summed E-state index contributed by atoms with van der Waals surface area (Å²) in [6.07, 6.45) is 3.72. The van der Waals surface area contributed by atoms with E-state index in [1.165, 1.54) is 0 Å². The van der Waals surface area contributed by atoms with Gasteiger partial charge >= 0.3 is 0 Å². The molecule has 74 valence electrons. The van der Waals surface area contributed by atoms with E-state index in [1.54, 1.807) is 12.4 Å². The van der Waals surface area contributed by atoms with Crippen LogP contribution in [0, 0.1) is 0 Å². The van der Waals surface area contributed by atoms with Crippen LogP contribution in [0.1, 0.15) is 5.56 Å². The fourth-order valence-electron chi connectivity index (χ4n) is 0.945. The van der Waals surface area contributed by atoms with E-state index in [-0.39, 0.29) is 5.91 Å². The number of pyridine rings is 1. The highest BCUT2D eigenvalue weighted by atomic mass is 79.9. The maximum atomic E-state index is 11.3. The molecule has 0 unspecified atom stereocenters. The molecule has 3 nitrogen and oxygen atoms in total. The number of carbonyl (C=O) groups is 1. The van der Waals surface area contributed by atoms with Crippen LogP contribution in [-0.4, -0.2) is 17.4 Å². The lowest BCUT2D eigenvalue weighted by atomic mass is 10.2. The van der Waals surface area contributed by atoms with E-state index in [0.717, 1.165) is 10.0 Å². The zero-order chi connectivity index (χ0) is 10.4. The van der Waals surface area contributed by atoms with Crippen LogP contribution in [0.2, 0.25) is 0 Å². The number of hydrogen-bond donors (Lipinski definition) is 1. The molecule has 14 heavy (non-hydrogen) atoms. The Hall–Kier alpha value is -1.16. The predicted octanol–water partition coefficient (Wildman–Crippen LogP) is 1.65. The molecule has 1 N–H and O–H groups in total. The van der Waals surface area contributed by atoms with Gasteiger partial charge in [-0.1, -0.05) is 28.6 Å². The SMILES string of the molecule is C=C(Br)CNC(=O)Cc1cccnc1. The molecule has 0 atom stereocenters. The number of aromatic nitrogens is 1. The summed E-state index contributed by atoms with van der Waals surface area (Å²) in [7, 11) is 0. The average molecular weight is 255 g/mol. The zero-order valence-electron chi connectivity index (χ0n) is 7.66. The molecule has 0 radical (unpaired) electrons. The van der Waals surface area contributed by atoms with E-state index in [2.05, 4.69) is 32.8 Å². The minimum atomic E-state index is -0.0291. The van der Waals surface area contributed by atoms with Crippen LogP contribution in [0.4, 0.5) is 0 Å². The third-order valence-electron chi connectivity index (χ3n) is 1.56. The van der Waals surface area contributed by atoms with Crippen LogP contribution in [0.3, 0.4) is 0 Å². The standard InChI is InChI=1S/C10H11BrN2O/c1-8(11)6-13-10(14)5-9-3-2-4-12-7-9/h2-4,7H,1,5-6H2,(H,13,14). The van der Waals surface area contributed by atoms with E-state index >= 15 is 0 Å². The predicted molar refractivity (Wildman–Crippen MR) is 59.0 cm³/mol. The lowest BCUT2D eigenvalue weighted by Gasteiger charge is -2.03. The molecule has 0 spiro atoms. The number of nitrogens with one attached hydrogen (secondary N) is 1. The van der Waals surface area contributed by atoms with Gasteiger partial charge in [0, 0.05) is 23.4 Å². The summed E-state index contributed by atoms with van der Waals surface area (Å²) in [6.45, 7) is 4.08. The van der Waals surface area contributed by atoms with Gasteiger partial charge in [-0.25, -0.2) is 0 Å². The Kier molecular flexibility index (Phi) is 4.32. The Bertz CT molecular complexity index is 324. The third-order valence-corrected chi connectivity index (χ3v) is 1.85. The summed E-state index contributed by atoms with van der Waals surface area (Å²) >= 11 is 3.17. The molecule has 0 bridgehead atoms. The first-order valence-corrected chi connectivity index (χ1v) is 4.96. The third kappa shape index (κ3) is 4.18. The van der Waals surface area contributed by atoms with Gasteiger partial charge in [-0.3, -0.25) is 9.78 Å². The van der Waals surface area contributed by atoms with Crippen LogP contribution >= 0.6 is 15.9 Å². The smallest absolute Gasteiger partial charge is 0.224 e. The van der Waals surface area contributed by atoms with Crippen LogP contribution < -0.4 is 5.32 Å². The van der Waals surface area contributed by atoms with E-state index in [9.17, 15) is 4.79 Å². The topological polar surface area (TPSA) is 42.0 Å². The number of hydrogen-bond acceptors (Lipinski definition) is 2. The average Bonchev–Trinajstić information content (AvgIpc) is 2.16. The van der Waals surface area contributed by atoms with Crippen LogP contribution in [0.15, 0.2) is 35.6 Å². The number of amides is 1. The molecule has 0 saturated carbocycles. The molecular weight excluding hydrogens is 244 g/mol. The Morgan fingerprint density at radius 2 is 2.43 bits per heavy atom. The van der Waals surface area contributed by atoms with Gasteiger partial charge in [-0.2, -0.15) is 0 Å². The molecule has 0 fully saturated rings. The normalized spacial score (nSPS) is 9.50. The van der Waals surface area contributed by atoms with Gasteiger partial charge in [0.1, 0.15) is 0 Å². The van der Waals surface area contributed by atoms with Crippen molar-refractivity contribution in [2.75, 3.05) is 6.54 Å². The number of halogens is 1. The van der Waals surface area contributed by atoms with Crippen molar-refractivity contribution in [2.45, 2.75) is 6.42 Å². The van der Waals surface area contributed by atoms with E-state index < -0.39 is 0 Å². The molecule has 0 aromatic carbocycles. The van der Waals surface area contributed by atoms with Gasteiger partial charge in [0.25, 0.3) is 0 Å². The molecule has 4 heteroatoms. The van der Waals surface area contributed by atoms with Crippen molar-refractivity contribution in [2.24, 2.45) is 0 Å². The number of carbonyl (C=O) groups excluding carboxylic acids is 1. The summed E-state index contributed by atoms with van der Waals surface area (Å²) in [5.74, 6) is -0.0291. The Morgan fingerprint density at radius 1 is 1.64 bits per heavy atom. The van der Waals surface area contributed by atoms with E-state index in [1.807, 2.05) is 12.1 Å². The maximum Gasteiger partial charge on any atom is 0.224 e. The van der Waals surface area contributed by atoms with E-state index in [0.29, 0.717) is 13.0 Å². The van der Waals surface area contributed by atoms with E-state index in [4.69, 9.17) is 0 Å². The molecule has 1 aromatic heterocycles. The van der Waals surface area contributed by atoms with Crippen molar-refractivity contribution in [3.63, 3.8) is 0 Å². The first-order valence-electron chi connectivity index (χ1n) is 4.17. The van der Waals surface area contributed by atoms with Gasteiger partial charge in [0.15, 0.2) is 0 Å². The summed E-state index contributed by atoms with van der Waals surface area (Å²) in [5.41, 5.74) is 0.908. The first kappa shape index (κ1) is 10.9. The van der Waals surface area contributed by atoms with Crippen molar-refractivity contribution >= 4 is 21.8 Å².